The number of carbonyl (C=O) groups is 1. The van der Waals surface area contributed by atoms with Gasteiger partial charge < -0.3 is 18.8 Å². The lowest BCUT2D eigenvalue weighted by atomic mass is 9.94. The topological polar surface area (TPSA) is 49.7 Å². The second-order valence-corrected chi connectivity index (χ2v) is 6.84. The second-order valence-electron chi connectivity index (χ2n) is 6.06. The quantitative estimate of drug-likeness (QED) is 0.646. The highest BCUT2D eigenvalue weighted by Crippen LogP contribution is 2.44. The number of aromatic nitrogens is 1. The van der Waals surface area contributed by atoms with Crippen LogP contribution in [-0.4, -0.2) is 31.9 Å². The Kier molecular flexibility index (Phi) is 4.20. The second kappa shape index (κ2) is 6.53. The van der Waals surface area contributed by atoms with Crippen LogP contribution in [0.4, 0.5) is 0 Å². The number of aryl methyl sites for hydroxylation is 1. The van der Waals surface area contributed by atoms with E-state index >= 15 is 0 Å². The molecule has 6 heteroatoms. The summed E-state index contributed by atoms with van der Waals surface area (Å²) in [6.07, 6.45) is 0.810. The summed E-state index contributed by atoms with van der Waals surface area (Å²) in [7, 11) is 4.69. The molecule has 0 spiro atoms. The first kappa shape index (κ1) is 16.7. The van der Waals surface area contributed by atoms with Gasteiger partial charge in [0.2, 0.25) is 0 Å². The molecule has 0 amide bonds. The first-order valence-electron chi connectivity index (χ1n) is 8.27. The minimum atomic E-state index is -0.323. The molecule has 3 heterocycles. The van der Waals surface area contributed by atoms with Gasteiger partial charge in [0.05, 0.1) is 27.0 Å². The molecule has 5 nitrogen and oxygen atoms in total. The zero-order chi connectivity index (χ0) is 18.3. The van der Waals surface area contributed by atoms with Crippen LogP contribution in [0, 0.1) is 0 Å². The van der Waals surface area contributed by atoms with Crippen molar-refractivity contribution in [3.63, 3.8) is 0 Å². The van der Waals surface area contributed by atoms with Crippen molar-refractivity contribution in [3.8, 4) is 33.9 Å². The van der Waals surface area contributed by atoms with E-state index < -0.39 is 0 Å². The molecule has 1 aliphatic rings. The number of methoxy groups -OCH3 is 3. The van der Waals surface area contributed by atoms with Crippen molar-refractivity contribution < 1.29 is 19.0 Å². The van der Waals surface area contributed by atoms with Gasteiger partial charge in [-0.3, -0.25) is 0 Å². The summed E-state index contributed by atoms with van der Waals surface area (Å²) < 4.78 is 18.0. The Bertz CT molecular complexity index is 972. The lowest BCUT2D eigenvalue weighted by molar-refractivity contribution is 0.0588. The van der Waals surface area contributed by atoms with E-state index in [0.717, 1.165) is 34.6 Å². The third-order valence-corrected chi connectivity index (χ3v) is 5.48. The molecule has 0 aliphatic carbocycles. The zero-order valence-corrected chi connectivity index (χ0v) is 15.7. The van der Waals surface area contributed by atoms with E-state index in [9.17, 15) is 4.79 Å². The molecule has 0 radical (unpaired) electrons. The van der Waals surface area contributed by atoms with Crippen LogP contribution >= 0.6 is 11.3 Å². The van der Waals surface area contributed by atoms with Crippen LogP contribution in [0.3, 0.4) is 0 Å². The fourth-order valence-corrected chi connectivity index (χ4v) is 4.22. The van der Waals surface area contributed by atoms with E-state index in [2.05, 4.69) is 11.4 Å². The van der Waals surface area contributed by atoms with Crippen LogP contribution in [0.1, 0.15) is 16.1 Å². The van der Waals surface area contributed by atoms with Crippen LogP contribution in [-0.2, 0) is 17.7 Å². The van der Waals surface area contributed by atoms with Crippen LogP contribution < -0.4 is 9.47 Å². The van der Waals surface area contributed by atoms with Gasteiger partial charge in [0.25, 0.3) is 0 Å². The van der Waals surface area contributed by atoms with Crippen molar-refractivity contribution in [3.05, 3.63) is 46.3 Å². The van der Waals surface area contributed by atoms with Gasteiger partial charge in [-0.15, -0.1) is 0 Å². The minimum absolute atomic E-state index is 0.323. The maximum Gasteiger partial charge on any atom is 0.354 e. The molecule has 0 bridgehead atoms. The van der Waals surface area contributed by atoms with Crippen LogP contribution in [0.15, 0.2) is 35.0 Å². The minimum Gasteiger partial charge on any atom is -0.493 e. The summed E-state index contributed by atoms with van der Waals surface area (Å²) in [5, 5.41) is 4.13. The number of fused-ring (bicyclic) bond motifs is 3. The van der Waals surface area contributed by atoms with Crippen molar-refractivity contribution in [2.75, 3.05) is 21.3 Å². The van der Waals surface area contributed by atoms with Gasteiger partial charge in [-0.1, -0.05) is 0 Å². The molecule has 0 fully saturated rings. The van der Waals surface area contributed by atoms with E-state index in [1.807, 2.05) is 28.1 Å². The predicted octanol–water partition coefficient (Wildman–Crippen LogP) is 4.24. The fourth-order valence-electron chi connectivity index (χ4n) is 3.56. The summed E-state index contributed by atoms with van der Waals surface area (Å²) in [6.45, 7) is 0.715. The first-order chi connectivity index (χ1) is 12.7. The molecule has 2 aromatic heterocycles. The van der Waals surface area contributed by atoms with Crippen molar-refractivity contribution >= 4 is 17.3 Å². The molecule has 26 heavy (non-hydrogen) atoms. The van der Waals surface area contributed by atoms with Crippen LogP contribution in [0.2, 0.25) is 0 Å². The molecule has 0 atom stereocenters. The normalized spacial score (nSPS) is 12.3. The lowest BCUT2D eigenvalue weighted by Gasteiger charge is -2.23. The third kappa shape index (κ3) is 2.49. The maximum atomic E-state index is 12.3. The molecule has 1 aromatic carbocycles. The average molecular weight is 369 g/mol. The smallest absolute Gasteiger partial charge is 0.354 e. The number of benzene rings is 1. The number of ether oxygens (including phenoxy) is 3. The molecule has 4 rings (SSSR count). The molecular formula is C20H19NO4S. The highest BCUT2D eigenvalue weighted by Gasteiger charge is 2.28. The molecule has 0 unspecified atom stereocenters. The molecule has 0 N–H and O–H groups in total. The van der Waals surface area contributed by atoms with Gasteiger partial charge in [-0.25, -0.2) is 4.79 Å². The molecule has 134 valence electrons. The summed E-state index contributed by atoms with van der Waals surface area (Å²) in [5.74, 6) is 1.07. The van der Waals surface area contributed by atoms with Gasteiger partial charge >= 0.3 is 5.97 Å². The van der Waals surface area contributed by atoms with Crippen molar-refractivity contribution in [1.29, 1.82) is 0 Å². The average Bonchev–Trinajstić information content (AvgIpc) is 3.33. The van der Waals surface area contributed by atoms with Crippen LogP contribution in [0.25, 0.3) is 22.4 Å². The van der Waals surface area contributed by atoms with Gasteiger partial charge in [0, 0.05) is 17.7 Å². The Morgan fingerprint density at radius 1 is 1.08 bits per heavy atom. The monoisotopic (exact) mass is 369 g/mol. The lowest BCUT2D eigenvalue weighted by Crippen LogP contribution is -2.17. The SMILES string of the molecule is COC(=O)c1cc(-c2ccsc2)c2n1CCc1cc(OC)c(OC)cc1-2. The Hall–Kier alpha value is -2.73. The van der Waals surface area contributed by atoms with Gasteiger partial charge in [-0.2, -0.15) is 11.3 Å². The summed E-state index contributed by atoms with van der Waals surface area (Å²) in [6, 6.07) is 8.02. The standard InChI is InChI=1S/C20H19NO4S/c1-23-17-8-12-4-6-21-16(20(22)25-3)9-14(13-5-7-26-11-13)19(21)15(12)10-18(17)24-2/h5,7-11H,4,6H2,1-3H3. The Balaban J connectivity index is 2.00. The van der Waals surface area contributed by atoms with Crippen LogP contribution in [0.5, 0.6) is 11.5 Å². The van der Waals surface area contributed by atoms with Gasteiger partial charge in [0.15, 0.2) is 11.5 Å². The van der Waals surface area contributed by atoms with Crippen molar-refractivity contribution in [2.24, 2.45) is 0 Å². The molecular weight excluding hydrogens is 350 g/mol. The number of hydrogen-bond donors (Lipinski definition) is 0. The Morgan fingerprint density at radius 2 is 1.85 bits per heavy atom. The van der Waals surface area contributed by atoms with E-state index in [-0.39, 0.29) is 5.97 Å². The Morgan fingerprint density at radius 3 is 2.50 bits per heavy atom. The summed E-state index contributed by atoms with van der Waals surface area (Å²) in [4.78, 5) is 12.3. The zero-order valence-electron chi connectivity index (χ0n) is 14.9. The summed E-state index contributed by atoms with van der Waals surface area (Å²) >= 11 is 1.63. The maximum absolute atomic E-state index is 12.3. The van der Waals surface area contributed by atoms with E-state index in [4.69, 9.17) is 14.2 Å². The van der Waals surface area contributed by atoms with Gasteiger partial charge in [-0.05, 0) is 52.6 Å². The fraction of sp³-hybridized carbons (Fsp3) is 0.250. The van der Waals surface area contributed by atoms with Crippen molar-refractivity contribution in [2.45, 2.75) is 13.0 Å². The number of carbonyl (C=O) groups excluding carboxylic acids is 1. The number of nitrogens with zero attached hydrogens (tertiary/aromatic N) is 1. The molecule has 0 saturated heterocycles. The number of thiophene rings is 1. The van der Waals surface area contributed by atoms with Crippen molar-refractivity contribution in [1.82, 2.24) is 4.57 Å². The Labute approximate surface area is 155 Å². The van der Waals surface area contributed by atoms with E-state index in [1.165, 1.54) is 12.7 Å². The molecule has 3 aromatic rings. The first-order valence-corrected chi connectivity index (χ1v) is 9.22. The van der Waals surface area contributed by atoms with E-state index in [0.29, 0.717) is 18.0 Å². The number of esters is 1. The van der Waals surface area contributed by atoms with Gasteiger partial charge in [0.1, 0.15) is 5.69 Å². The predicted molar refractivity (Wildman–Crippen MR) is 101 cm³/mol. The third-order valence-electron chi connectivity index (χ3n) is 4.79. The molecule has 1 aliphatic heterocycles. The summed E-state index contributed by atoms with van der Waals surface area (Å²) in [5.41, 5.74) is 5.96. The number of hydrogen-bond acceptors (Lipinski definition) is 5. The molecule has 0 saturated carbocycles. The highest BCUT2D eigenvalue weighted by molar-refractivity contribution is 7.08. The van der Waals surface area contributed by atoms with E-state index in [1.54, 1.807) is 25.6 Å². The number of rotatable bonds is 4. The highest BCUT2D eigenvalue weighted by atomic mass is 32.1. The largest absolute Gasteiger partial charge is 0.493 e.